The van der Waals surface area contributed by atoms with E-state index in [1.165, 1.54) is 0 Å². The highest BCUT2D eigenvalue weighted by atomic mass is 35.5. The van der Waals surface area contributed by atoms with Gasteiger partial charge in [0.15, 0.2) is 11.6 Å². The van der Waals surface area contributed by atoms with Gasteiger partial charge in [0, 0.05) is 14.2 Å². The maximum absolute atomic E-state index is 13.4. The highest BCUT2D eigenvalue weighted by Crippen LogP contribution is 2.17. The topological polar surface area (TPSA) is 38.2 Å². The van der Waals surface area contributed by atoms with E-state index >= 15 is 0 Å². The molecular formula is C9H13ClFN3O. The first-order chi connectivity index (χ1) is 7.06. The van der Waals surface area contributed by atoms with Gasteiger partial charge in [-0.1, -0.05) is 0 Å². The normalized spacial score (nSPS) is 12.6. The largest absolute Gasteiger partial charge is 0.383 e. The van der Waals surface area contributed by atoms with E-state index < -0.39 is 5.82 Å². The van der Waals surface area contributed by atoms with Crippen molar-refractivity contribution in [2.75, 3.05) is 25.7 Å². The van der Waals surface area contributed by atoms with Crippen molar-refractivity contribution in [3.8, 4) is 0 Å². The van der Waals surface area contributed by atoms with Gasteiger partial charge in [0.1, 0.15) is 0 Å². The second-order valence-corrected chi connectivity index (χ2v) is 3.56. The van der Waals surface area contributed by atoms with Crippen LogP contribution in [0.4, 0.5) is 10.2 Å². The van der Waals surface area contributed by atoms with Gasteiger partial charge in [0.25, 0.3) is 0 Å². The van der Waals surface area contributed by atoms with E-state index in [0.717, 1.165) is 6.20 Å². The van der Waals surface area contributed by atoms with E-state index in [9.17, 15) is 4.39 Å². The number of hydrogen-bond donors (Lipinski definition) is 0. The SMILES string of the molecule is COCC(C)N(C)c1nc(Cl)ncc1F. The lowest BCUT2D eigenvalue weighted by Gasteiger charge is -2.25. The minimum absolute atomic E-state index is 0.00969. The maximum Gasteiger partial charge on any atom is 0.224 e. The van der Waals surface area contributed by atoms with Crippen LogP contribution in [0.15, 0.2) is 6.20 Å². The molecule has 84 valence electrons. The summed E-state index contributed by atoms with van der Waals surface area (Å²) in [6.45, 7) is 2.39. The third kappa shape index (κ3) is 3.00. The zero-order valence-corrected chi connectivity index (χ0v) is 9.62. The summed E-state index contributed by atoms with van der Waals surface area (Å²) in [5.74, 6) is -0.315. The van der Waals surface area contributed by atoms with Crippen LogP contribution in [-0.2, 0) is 4.74 Å². The molecule has 0 aromatic carbocycles. The first-order valence-electron chi connectivity index (χ1n) is 4.46. The third-order valence-electron chi connectivity index (χ3n) is 2.10. The number of nitrogens with zero attached hydrogens (tertiary/aromatic N) is 3. The standard InChI is InChI=1S/C9H13ClFN3O/c1-6(5-15-3)14(2)8-7(11)4-12-9(10)13-8/h4,6H,5H2,1-3H3. The Balaban J connectivity index is 2.89. The Kier molecular flexibility index (Phi) is 4.23. The predicted octanol–water partition coefficient (Wildman–Crippen LogP) is 1.74. The molecule has 0 amide bonds. The quantitative estimate of drug-likeness (QED) is 0.743. The molecule has 0 saturated heterocycles. The summed E-state index contributed by atoms with van der Waals surface area (Å²) in [6, 6.07) is 0.00969. The van der Waals surface area contributed by atoms with Gasteiger partial charge >= 0.3 is 0 Å². The summed E-state index contributed by atoms with van der Waals surface area (Å²) in [5, 5.41) is 0.0304. The van der Waals surface area contributed by atoms with Crippen LogP contribution in [0.1, 0.15) is 6.92 Å². The van der Waals surface area contributed by atoms with Gasteiger partial charge in [-0.3, -0.25) is 0 Å². The van der Waals surface area contributed by atoms with Crippen LogP contribution >= 0.6 is 11.6 Å². The number of likely N-dealkylation sites (N-methyl/N-ethyl adjacent to an activating group) is 1. The van der Waals surface area contributed by atoms with Crippen molar-refractivity contribution >= 4 is 17.4 Å². The molecule has 0 aliphatic heterocycles. The Morgan fingerprint density at radius 3 is 2.93 bits per heavy atom. The van der Waals surface area contributed by atoms with Crippen molar-refractivity contribution in [2.45, 2.75) is 13.0 Å². The third-order valence-corrected chi connectivity index (χ3v) is 2.28. The molecule has 1 unspecified atom stereocenters. The van der Waals surface area contributed by atoms with Crippen LogP contribution in [0.3, 0.4) is 0 Å². The Morgan fingerprint density at radius 2 is 2.33 bits per heavy atom. The minimum atomic E-state index is -0.496. The van der Waals surface area contributed by atoms with E-state index in [1.807, 2.05) is 6.92 Å². The molecular weight excluding hydrogens is 221 g/mol. The molecule has 1 rings (SSSR count). The van der Waals surface area contributed by atoms with Crippen LogP contribution in [0.5, 0.6) is 0 Å². The van der Waals surface area contributed by atoms with Crippen molar-refractivity contribution < 1.29 is 9.13 Å². The average Bonchev–Trinajstić information content (AvgIpc) is 2.21. The molecule has 0 bridgehead atoms. The molecule has 0 radical (unpaired) electrons. The second kappa shape index (κ2) is 5.23. The molecule has 4 nitrogen and oxygen atoms in total. The molecule has 6 heteroatoms. The van der Waals surface area contributed by atoms with Gasteiger partial charge in [-0.2, -0.15) is 4.98 Å². The molecule has 15 heavy (non-hydrogen) atoms. The van der Waals surface area contributed by atoms with Crippen molar-refractivity contribution in [2.24, 2.45) is 0 Å². The number of hydrogen-bond acceptors (Lipinski definition) is 4. The molecule has 0 fully saturated rings. The van der Waals surface area contributed by atoms with E-state index in [2.05, 4.69) is 9.97 Å². The van der Waals surface area contributed by atoms with Crippen molar-refractivity contribution in [3.63, 3.8) is 0 Å². The molecule has 0 spiro atoms. The summed E-state index contributed by atoms with van der Waals surface area (Å²) in [6.07, 6.45) is 1.06. The van der Waals surface area contributed by atoms with Gasteiger partial charge in [0.05, 0.1) is 18.8 Å². The Hall–Kier alpha value is -0.940. The van der Waals surface area contributed by atoms with E-state index in [4.69, 9.17) is 16.3 Å². The predicted molar refractivity (Wildman–Crippen MR) is 56.7 cm³/mol. The monoisotopic (exact) mass is 233 g/mol. The van der Waals surface area contributed by atoms with Gasteiger partial charge in [-0.25, -0.2) is 9.37 Å². The zero-order chi connectivity index (χ0) is 11.4. The summed E-state index contributed by atoms with van der Waals surface area (Å²) in [7, 11) is 3.32. The number of anilines is 1. The van der Waals surface area contributed by atoms with Gasteiger partial charge in [0.2, 0.25) is 5.28 Å². The zero-order valence-electron chi connectivity index (χ0n) is 8.87. The first-order valence-corrected chi connectivity index (χ1v) is 4.84. The van der Waals surface area contributed by atoms with Crippen molar-refractivity contribution in [1.82, 2.24) is 9.97 Å². The van der Waals surface area contributed by atoms with Gasteiger partial charge in [-0.15, -0.1) is 0 Å². The Labute approximate surface area is 93.0 Å². The van der Waals surface area contributed by atoms with Gasteiger partial charge in [-0.05, 0) is 18.5 Å². The lowest BCUT2D eigenvalue weighted by Crippen LogP contribution is -2.34. The average molecular weight is 234 g/mol. The second-order valence-electron chi connectivity index (χ2n) is 3.23. The fraction of sp³-hybridized carbons (Fsp3) is 0.556. The number of aromatic nitrogens is 2. The molecule has 1 atom stereocenters. The Bertz CT molecular complexity index is 337. The highest BCUT2D eigenvalue weighted by Gasteiger charge is 2.16. The number of methoxy groups -OCH3 is 1. The number of halogens is 2. The molecule has 1 heterocycles. The molecule has 0 aliphatic carbocycles. The Morgan fingerprint density at radius 1 is 1.67 bits per heavy atom. The molecule has 1 aromatic heterocycles. The number of ether oxygens (including phenoxy) is 1. The fourth-order valence-electron chi connectivity index (χ4n) is 1.15. The van der Waals surface area contributed by atoms with Crippen LogP contribution in [0.25, 0.3) is 0 Å². The van der Waals surface area contributed by atoms with E-state index in [-0.39, 0.29) is 17.1 Å². The molecule has 0 aliphatic rings. The lowest BCUT2D eigenvalue weighted by molar-refractivity contribution is 0.183. The minimum Gasteiger partial charge on any atom is -0.383 e. The highest BCUT2D eigenvalue weighted by molar-refractivity contribution is 6.28. The van der Waals surface area contributed by atoms with Crippen LogP contribution < -0.4 is 4.90 Å². The molecule has 1 aromatic rings. The van der Waals surface area contributed by atoms with Crippen molar-refractivity contribution in [3.05, 3.63) is 17.3 Å². The van der Waals surface area contributed by atoms with Crippen LogP contribution in [0, 0.1) is 5.82 Å². The molecule has 0 N–H and O–H groups in total. The fourth-order valence-corrected chi connectivity index (χ4v) is 1.28. The summed E-state index contributed by atoms with van der Waals surface area (Å²) in [4.78, 5) is 9.03. The van der Waals surface area contributed by atoms with E-state index in [1.54, 1.807) is 19.1 Å². The summed E-state index contributed by atoms with van der Waals surface area (Å²) in [5.41, 5.74) is 0. The summed E-state index contributed by atoms with van der Waals surface area (Å²) >= 11 is 5.60. The van der Waals surface area contributed by atoms with Crippen LogP contribution in [0.2, 0.25) is 5.28 Å². The smallest absolute Gasteiger partial charge is 0.224 e. The van der Waals surface area contributed by atoms with E-state index in [0.29, 0.717) is 6.61 Å². The van der Waals surface area contributed by atoms with Crippen molar-refractivity contribution in [1.29, 1.82) is 0 Å². The lowest BCUT2D eigenvalue weighted by atomic mass is 10.3. The molecule has 0 saturated carbocycles. The summed E-state index contributed by atoms with van der Waals surface area (Å²) < 4.78 is 18.3. The number of rotatable bonds is 4. The van der Waals surface area contributed by atoms with Crippen LogP contribution in [-0.4, -0.2) is 36.8 Å². The van der Waals surface area contributed by atoms with Gasteiger partial charge < -0.3 is 9.64 Å². The maximum atomic E-state index is 13.4. The first kappa shape index (κ1) is 12.1.